The molecule has 1 heterocycles. The van der Waals surface area contributed by atoms with E-state index in [0.717, 1.165) is 54.7 Å². The number of aliphatic hydroxyl groups is 2. The van der Waals surface area contributed by atoms with Gasteiger partial charge in [0.2, 0.25) is 0 Å². The Balaban J connectivity index is 1.61. The fraction of sp³-hybridized carbons (Fsp3) is 0.583. The Labute approximate surface area is 193 Å². The number of hydrogen-bond donors (Lipinski definition) is 3. The number of carboxylic acids is 1. The van der Waals surface area contributed by atoms with Crippen molar-refractivity contribution in [3.8, 4) is 0 Å². The van der Waals surface area contributed by atoms with Gasteiger partial charge in [-0.05, 0) is 49.1 Å². The molecule has 0 aliphatic heterocycles. The quantitative estimate of drug-likeness (QED) is 0.299. The highest BCUT2D eigenvalue weighted by Gasteiger charge is 2.41. The first kappa shape index (κ1) is 24.2. The van der Waals surface area contributed by atoms with Gasteiger partial charge in [0.25, 0.3) is 0 Å². The number of aromatic nitrogens is 1. The van der Waals surface area contributed by atoms with E-state index in [-0.39, 0.29) is 22.1 Å². The summed E-state index contributed by atoms with van der Waals surface area (Å²) < 4.78 is 0. The van der Waals surface area contributed by atoms with Gasteiger partial charge in [0.1, 0.15) is 4.88 Å². The maximum Gasteiger partial charge on any atom is 0.347 e. The molecule has 2 aromatic rings. The molecule has 1 aliphatic carbocycles. The Kier molecular flexibility index (Phi) is 8.90. The topological polar surface area (TPSA) is 90.7 Å². The van der Waals surface area contributed by atoms with Crippen LogP contribution in [0.2, 0.25) is 0 Å². The van der Waals surface area contributed by atoms with E-state index in [1.54, 1.807) is 0 Å². The molecule has 1 unspecified atom stereocenters. The number of aliphatic hydroxyl groups excluding tert-OH is 2. The highest BCUT2D eigenvalue weighted by Crippen LogP contribution is 2.45. The minimum absolute atomic E-state index is 0.0281. The van der Waals surface area contributed by atoms with E-state index in [0.29, 0.717) is 12.8 Å². The lowest BCUT2D eigenvalue weighted by Crippen LogP contribution is -2.19. The number of aryl methyl sites for hydroxylation is 1. The Bertz CT molecular complexity index is 840. The lowest BCUT2D eigenvalue weighted by molar-refractivity contribution is 0.0702. The number of carboxylic acid groups (broad SMARTS) is 1. The molecule has 0 spiro atoms. The van der Waals surface area contributed by atoms with Crippen LogP contribution in [-0.2, 0) is 6.42 Å². The zero-order valence-electron chi connectivity index (χ0n) is 17.9. The highest BCUT2D eigenvalue weighted by molar-refractivity contribution is 7.13. The van der Waals surface area contributed by atoms with Crippen molar-refractivity contribution in [1.29, 1.82) is 0 Å². The van der Waals surface area contributed by atoms with Crippen LogP contribution in [0.4, 0.5) is 0 Å². The number of halogens is 1. The Morgan fingerprint density at radius 1 is 1.26 bits per heavy atom. The normalized spacial score (nSPS) is 24.4. The maximum absolute atomic E-state index is 11.0. The van der Waals surface area contributed by atoms with Crippen molar-refractivity contribution in [2.45, 2.75) is 81.8 Å². The average molecular weight is 466 g/mol. The van der Waals surface area contributed by atoms with Gasteiger partial charge in [0, 0.05) is 11.3 Å². The van der Waals surface area contributed by atoms with Gasteiger partial charge in [-0.1, -0.05) is 50.5 Å². The van der Waals surface area contributed by atoms with Crippen LogP contribution in [0.25, 0.3) is 0 Å². The lowest BCUT2D eigenvalue weighted by Gasteiger charge is -2.24. The van der Waals surface area contributed by atoms with E-state index < -0.39 is 18.2 Å². The van der Waals surface area contributed by atoms with Crippen LogP contribution in [0.1, 0.15) is 89.7 Å². The Morgan fingerprint density at radius 2 is 2.00 bits per heavy atom. The number of nitrogens with zero attached hydrogens (tertiary/aromatic N) is 1. The summed E-state index contributed by atoms with van der Waals surface area (Å²) in [6.45, 7) is 2.15. The molecule has 0 amide bonds. The molecule has 31 heavy (non-hydrogen) atoms. The summed E-state index contributed by atoms with van der Waals surface area (Å²) in [6, 6.07) is 7.99. The number of unbranched alkanes of at least 4 members (excludes halogenated alkanes) is 2. The van der Waals surface area contributed by atoms with Crippen LogP contribution in [0, 0.1) is 5.92 Å². The molecule has 170 valence electrons. The predicted molar refractivity (Wildman–Crippen MR) is 124 cm³/mol. The van der Waals surface area contributed by atoms with Crippen molar-refractivity contribution in [2.75, 3.05) is 0 Å². The first-order valence-corrected chi connectivity index (χ1v) is 12.4. The minimum Gasteiger partial charge on any atom is -0.477 e. The second-order valence-corrected chi connectivity index (χ2v) is 10.2. The molecule has 1 aliphatic rings. The number of aromatic carboxylic acids is 1. The molecule has 1 aromatic carbocycles. The van der Waals surface area contributed by atoms with E-state index in [2.05, 4.69) is 11.9 Å². The molecule has 0 radical (unpaired) electrons. The molecular weight excluding hydrogens is 434 g/mol. The highest BCUT2D eigenvalue weighted by atomic mass is 35.5. The summed E-state index contributed by atoms with van der Waals surface area (Å²) in [5.74, 6) is -0.821. The van der Waals surface area contributed by atoms with E-state index in [9.17, 15) is 15.0 Å². The van der Waals surface area contributed by atoms with Gasteiger partial charge >= 0.3 is 5.97 Å². The summed E-state index contributed by atoms with van der Waals surface area (Å²) in [5, 5.41) is 30.8. The zero-order valence-corrected chi connectivity index (χ0v) is 19.5. The molecule has 3 rings (SSSR count). The molecule has 3 N–H and O–H groups in total. The van der Waals surface area contributed by atoms with Crippen LogP contribution in [0.5, 0.6) is 0 Å². The van der Waals surface area contributed by atoms with E-state index in [1.165, 1.54) is 17.5 Å². The molecule has 1 fully saturated rings. The van der Waals surface area contributed by atoms with Crippen LogP contribution in [0.15, 0.2) is 30.5 Å². The van der Waals surface area contributed by atoms with Crippen molar-refractivity contribution >= 4 is 28.9 Å². The largest absolute Gasteiger partial charge is 0.477 e. The maximum atomic E-state index is 11.0. The number of alkyl halides is 1. The second-order valence-electron chi connectivity index (χ2n) is 8.50. The molecule has 5 atom stereocenters. The number of thiazole rings is 1. The standard InChI is InChI=1S/C24H32ClNO4S/c1-2-3-4-7-19(27)15-9-11-16(12-10-15)23-17(18(25)13-20(23)28)6-5-8-22-26-14-21(31-22)24(29)30/h9-12,14,17-20,23,27-28H,2-8,13H2,1H3,(H,29,30)/t17-,18-,19?,20+,23+/m0/s1. The van der Waals surface area contributed by atoms with Crippen molar-refractivity contribution in [3.63, 3.8) is 0 Å². The van der Waals surface area contributed by atoms with Crippen LogP contribution < -0.4 is 0 Å². The third-order valence-corrected chi connectivity index (χ3v) is 7.83. The summed E-state index contributed by atoms with van der Waals surface area (Å²) in [4.78, 5) is 15.5. The third kappa shape index (κ3) is 6.28. The second kappa shape index (κ2) is 11.4. The molecule has 1 aromatic heterocycles. The molecular formula is C24H32ClNO4S. The van der Waals surface area contributed by atoms with Crippen molar-refractivity contribution in [1.82, 2.24) is 4.98 Å². The summed E-state index contributed by atoms with van der Waals surface area (Å²) in [7, 11) is 0. The first-order chi connectivity index (χ1) is 14.9. The average Bonchev–Trinajstić information content (AvgIpc) is 3.33. The lowest BCUT2D eigenvalue weighted by atomic mass is 9.84. The summed E-state index contributed by atoms with van der Waals surface area (Å²) >= 11 is 7.82. The predicted octanol–water partition coefficient (Wildman–Crippen LogP) is 5.55. The molecule has 7 heteroatoms. The van der Waals surface area contributed by atoms with Crippen LogP contribution in [-0.4, -0.2) is 37.8 Å². The third-order valence-electron chi connectivity index (χ3n) is 6.29. The fourth-order valence-corrected chi connectivity index (χ4v) is 5.86. The van der Waals surface area contributed by atoms with Crippen LogP contribution in [0.3, 0.4) is 0 Å². The monoisotopic (exact) mass is 465 g/mol. The van der Waals surface area contributed by atoms with Gasteiger partial charge in [0.05, 0.1) is 23.4 Å². The van der Waals surface area contributed by atoms with Gasteiger partial charge in [-0.15, -0.1) is 22.9 Å². The van der Waals surface area contributed by atoms with Crippen molar-refractivity contribution in [2.24, 2.45) is 5.92 Å². The van der Waals surface area contributed by atoms with Gasteiger partial charge in [-0.2, -0.15) is 0 Å². The van der Waals surface area contributed by atoms with E-state index in [4.69, 9.17) is 16.7 Å². The number of carbonyl (C=O) groups is 1. The number of hydrogen-bond acceptors (Lipinski definition) is 5. The fourth-order valence-electron chi connectivity index (χ4n) is 4.60. The van der Waals surface area contributed by atoms with Crippen molar-refractivity contribution in [3.05, 3.63) is 51.5 Å². The van der Waals surface area contributed by atoms with Gasteiger partial charge in [-0.3, -0.25) is 0 Å². The minimum atomic E-state index is -0.942. The van der Waals surface area contributed by atoms with Crippen molar-refractivity contribution < 1.29 is 20.1 Å². The smallest absolute Gasteiger partial charge is 0.347 e. The van der Waals surface area contributed by atoms with Gasteiger partial charge in [0.15, 0.2) is 0 Å². The summed E-state index contributed by atoms with van der Waals surface area (Å²) in [5.41, 5.74) is 1.98. The molecule has 0 saturated heterocycles. The van der Waals surface area contributed by atoms with Gasteiger partial charge < -0.3 is 15.3 Å². The number of benzene rings is 1. The SMILES string of the molecule is CCCCCC(O)c1ccc([C@@H]2[C@@H](CCCc3ncc(C(=O)O)s3)[C@@H](Cl)C[C@H]2O)cc1. The van der Waals surface area contributed by atoms with Gasteiger partial charge in [-0.25, -0.2) is 9.78 Å². The molecule has 0 bridgehead atoms. The Hall–Kier alpha value is -1.47. The first-order valence-electron chi connectivity index (χ1n) is 11.2. The van der Waals surface area contributed by atoms with E-state index >= 15 is 0 Å². The molecule has 1 saturated carbocycles. The Morgan fingerprint density at radius 3 is 2.65 bits per heavy atom. The zero-order chi connectivity index (χ0) is 22.4. The number of rotatable bonds is 11. The molecule has 5 nitrogen and oxygen atoms in total. The van der Waals surface area contributed by atoms with E-state index in [1.807, 2.05) is 24.3 Å². The van der Waals surface area contributed by atoms with Crippen LogP contribution >= 0.6 is 22.9 Å². The summed E-state index contributed by atoms with van der Waals surface area (Å²) in [6.07, 6.45) is 7.50.